The monoisotopic (exact) mass is 307 g/mol. The summed E-state index contributed by atoms with van der Waals surface area (Å²) >= 11 is 5.94. The highest BCUT2D eigenvalue weighted by molar-refractivity contribution is 6.29. The number of pyridine rings is 3. The van der Waals surface area contributed by atoms with E-state index in [1.807, 2.05) is 36.7 Å². The zero-order valence-electron chi connectivity index (χ0n) is 11.4. The van der Waals surface area contributed by atoms with Crippen molar-refractivity contribution in [3.63, 3.8) is 0 Å². The molecule has 0 saturated carbocycles. The molecule has 4 aromatic heterocycles. The third kappa shape index (κ3) is 2.31. The molecule has 0 N–H and O–H groups in total. The van der Waals surface area contributed by atoms with Crippen molar-refractivity contribution in [3.05, 3.63) is 66.5 Å². The van der Waals surface area contributed by atoms with Crippen LogP contribution in [0.25, 0.3) is 27.8 Å². The third-order valence-electron chi connectivity index (χ3n) is 3.33. The van der Waals surface area contributed by atoms with E-state index in [1.54, 1.807) is 29.3 Å². The van der Waals surface area contributed by atoms with E-state index in [9.17, 15) is 0 Å². The van der Waals surface area contributed by atoms with Gasteiger partial charge in [0.15, 0.2) is 0 Å². The molecule has 5 nitrogen and oxygen atoms in total. The molecule has 4 aromatic rings. The van der Waals surface area contributed by atoms with Crippen molar-refractivity contribution < 1.29 is 0 Å². The second-order valence-electron chi connectivity index (χ2n) is 4.78. The first kappa shape index (κ1) is 12.9. The van der Waals surface area contributed by atoms with Gasteiger partial charge >= 0.3 is 0 Å². The Morgan fingerprint density at radius 2 is 1.91 bits per heavy atom. The highest BCUT2D eigenvalue weighted by atomic mass is 35.5. The summed E-state index contributed by atoms with van der Waals surface area (Å²) in [5.74, 6) is 0. The predicted octanol–water partition coefficient (Wildman–Crippen LogP) is 3.53. The first-order valence-electron chi connectivity index (χ1n) is 6.67. The average molecular weight is 308 g/mol. The minimum absolute atomic E-state index is 0.456. The zero-order chi connectivity index (χ0) is 14.9. The van der Waals surface area contributed by atoms with Crippen LogP contribution in [0, 0.1) is 0 Å². The van der Waals surface area contributed by atoms with Crippen molar-refractivity contribution >= 4 is 22.6 Å². The molecule has 0 aliphatic rings. The van der Waals surface area contributed by atoms with Crippen molar-refractivity contribution in [2.24, 2.45) is 0 Å². The lowest BCUT2D eigenvalue weighted by atomic mass is 10.1. The van der Waals surface area contributed by atoms with Crippen LogP contribution in [0.15, 0.2) is 61.3 Å². The Morgan fingerprint density at radius 3 is 2.77 bits per heavy atom. The molecule has 0 aliphatic heterocycles. The van der Waals surface area contributed by atoms with Crippen LogP contribution in [0.5, 0.6) is 0 Å². The summed E-state index contributed by atoms with van der Waals surface area (Å²) in [7, 11) is 0. The van der Waals surface area contributed by atoms with E-state index in [-0.39, 0.29) is 0 Å². The molecule has 0 amide bonds. The quantitative estimate of drug-likeness (QED) is 0.532. The molecule has 4 heterocycles. The standard InChI is InChI=1S/C16H10ClN5/c17-16-4-3-14-15(21-16)6-11(7-19-14)12-8-20-22(10-12)13-2-1-5-18-9-13/h1-10H. The van der Waals surface area contributed by atoms with Gasteiger partial charge in [0, 0.05) is 29.7 Å². The molecule has 6 heteroatoms. The molecule has 0 bridgehead atoms. The molecule has 22 heavy (non-hydrogen) atoms. The lowest BCUT2D eigenvalue weighted by Gasteiger charge is -2.01. The number of nitrogens with zero attached hydrogens (tertiary/aromatic N) is 5. The summed E-state index contributed by atoms with van der Waals surface area (Å²) in [4.78, 5) is 12.8. The number of halogens is 1. The maximum atomic E-state index is 5.94. The molecule has 0 atom stereocenters. The van der Waals surface area contributed by atoms with Gasteiger partial charge in [-0.1, -0.05) is 11.6 Å². The van der Waals surface area contributed by atoms with Gasteiger partial charge in [-0.05, 0) is 30.3 Å². The molecular weight excluding hydrogens is 298 g/mol. The maximum Gasteiger partial charge on any atom is 0.129 e. The van der Waals surface area contributed by atoms with E-state index in [0.29, 0.717) is 5.15 Å². The Bertz CT molecular complexity index is 949. The van der Waals surface area contributed by atoms with E-state index in [4.69, 9.17) is 11.6 Å². The van der Waals surface area contributed by atoms with Gasteiger partial charge in [0.1, 0.15) is 5.15 Å². The number of aromatic nitrogens is 5. The summed E-state index contributed by atoms with van der Waals surface area (Å²) in [6, 6.07) is 9.37. The van der Waals surface area contributed by atoms with E-state index < -0.39 is 0 Å². The Labute approximate surface area is 131 Å². The van der Waals surface area contributed by atoms with E-state index >= 15 is 0 Å². The Morgan fingerprint density at radius 1 is 0.955 bits per heavy atom. The highest BCUT2D eigenvalue weighted by Crippen LogP contribution is 2.23. The number of rotatable bonds is 2. The van der Waals surface area contributed by atoms with Crippen LogP contribution in [0.2, 0.25) is 5.15 Å². The minimum Gasteiger partial charge on any atom is -0.262 e. The van der Waals surface area contributed by atoms with Gasteiger partial charge in [-0.3, -0.25) is 9.97 Å². The first-order valence-corrected chi connectivity index (χ1v) is 7.05. The summed E-state index contributed by atoms with van der Waals surface area (Å²) in [6.45, 7) is 0. The highest BCUT2D eigenvalue weighted by Gasteiger charge is 2.06. The fourth-order valence-corrected chi connectivity index (χ4v) is 2.40. The van der Waals surface area contributed by atoms with E-state index in [1.165, 1.54) is 0 Å². The molecule has 0 radical (unpaired) electrons. The van der Waals surface area contributed by atoms with Gasteiger partial charge in [-0.25, -0.2) is 9.67 Å². The van der Waals surface area contributed by atoms with Crippen LogP contribution in [0.4, 0.5) is 0 Å². The van der Waals surface area contributed by atoms with Crippen LogP contribution in [-0.2, 0) is 0 Å². The second-order valence-corrected chi connectivity index (χ2v) is 5.17. The van der Waals surface area contributed by atoms with E-state index in [2.05, 4.69) is 20.1 Å². The van der Waals surface area contributed by atoms with E-state index in [0.717, 1.165) is 27.8 Å². The lowest BCUT2D eigenvalue weighted by molar-refractivity contribution is 0.874. The van der Waals surface area contributed by atoms with Crippen LogP contribution in [0.1, 0.15) is 0 Å². The maximum absolute atomic E-state index is 5.94. The van der Waals surface area contributed by atoms with Gasteiger partial charge in [0.25, 0.3) is 0 Å². The molecular formula is C16H10ClN5. The molecule has 0 unspecified atom stereocenters. The molecule has 4 rings (SSSR count). The molecule has 0 fully saturated rings. The largest absolute Gasteiger partial charge is 0.262 e. The zero-order valence-corrected chi connectivity index (χ0v) is 12.1. The fraction of sp³-hybridized carbons (Fsp3) is 0. The molecule has 106 valence electrons. The van der Waals surface area contributed by atoms with Crippen molar-refractivity contribution in [1.82, 2.24) is 24.7 Å². The average Bonchev–Trinajstić information content (AvgIpc) is 3.05. The van der Waals surface area contributed by atoms with Crippen LogP contribution in [0.3, 0.4) is 0 Å². The Hall–Kier alpha value is -2.79. The Kier molecular flexibility index (Phi) is 3.05. The van der Waals surface area contributed by atoms with Gasteiger partial charge in [-0.2, -0.15) is 5.10 Å². The molecule has 0 saturated heterocycles. The first-order chi connectivity index (χ1) is 10.8. The predicted molar refractivity (Wildman–Crippen MR) is 84.9 cm³/mol. The third-order valence-corrected chi connectivity index (χ3v) is 3.54. The van der Waals surface area contributed by atoms with Gasteiger partial charge in [-0.15, -0.1) is 0 Å². The minimum atomic E-state index is 0.456. The summed E-state index contributed by atoms with van der Waals surface area (Å²) in [6.07, 6.45) is 9.03. The topological polar surface area (TPSA) is 56.5 Å². The summed E-state index contributed by atoms with van der Waals surface area (Å²) in [5, 5.41) is 4.82. The summed E-state index contributed by atoms with van der Waals surface area (Å²) in [5.41, 5.74) is 4.38. The smallest absolute Gasteiger partial charge is 0.129 e. The van der Waals surface area contributed by atoms with Gasteiger partial charge in [0.2, 0.25) is 0 Å². The molecule has 0 aromatic carbocycles. The van der Waals surface area contributed by atoms with Crippen LogP contribution >= 0.6 is 11.6 Å². The Balaban J connectivity index is 1.77. The second kappa shape index (κ2) is 5.20. The van der Waals surface area contributed by atoms with Crippen molar-refractivity contribution in [2.45, 2.75) is 0 Å². The SMILES string of the molecule is Clc1ccc2ncc(-c3cnn(-c4cccnc4)c3)cc2n1. The van der Waals surface area contributed by atoms with Crippen molar-refractivity contribution in [3.8, 4) is 16.8 Å². The number of hydrogen-bond donors (Lipinski definition) is 0. The molecule has 0 aliphatic carbocycles. The van der Waals surface area contributed by atoms with Crippen LogP contribution < -0.4 is 0 Å². The molecule has 0 spiro atoms. The van der Waals surface area contributed by atoms with Crippen molar-refractivity contribution in [1.29, 1.82) is 0 Å². The summed E-state index contributed by atoms with van der Waals surface area (Å²) < 4.78 is 1.78. The number of hydrogen-bond acceptors (Lipinski definition) is 4. The van der Waals surface area contributed by atoms with Crippen molar-refractivity contribution in [2.75, 3.05) is 0 Å². The number of fused-ring (bicyclic) bond motifs is 1. The van der Waals surface area contributed by atoms with Gasteiger partial charge < -0.3 is 0 Å². The van der Waals surface area contributed by atoms with Gasteiger partial charge in [0.05, 0.1) is 29.1 Å². The normalized spacial score (nSPS) is 11.0. The lowest BCUT2D eigenvalue weighted by Crippen LogP contribution is -1.93. The fourth-order valence-electron chi connectivity index (χ4n) is 2.24. The van der Waals surface area contributed by atoms with Crippen LogP contribution in [-0.4, -0.2) is 24.7 Å².